The van der Waals surface area contributed by atoms with Crippen molar-refractivity contribution in [2.24, 2.45) is 0 Å². The van der Waals surface area contributed by atoms with E-state index in [9.17, 15) is 0 Å². The number of rotatable bonds is 4. The summed E-state index contributed by atoms with van der Waals surface area (Å²) >= 11 is 0. The van der Waals surface area contributed by atoms with Gasteiger partial charge in [0.1, 0.15) is 5.82 Å². The van der Waals surface area contributed by atoms with Crippen LogP contribution in [0.2, 0.25) is 0 Å². The number of aromatic nitrogens is 2. The highest BCUT2D eigenvalue weighted by molar-refractivity contribution is 5.06. The van der Waals surface area contributed by atoms with E-state index >= 15 is 0 Å². The van der Waals surface area contributed by atoms with Crippen LogP contribution >= 0.6 is 0 Å². The molecule has 2 rings (SSSR count). The maximum atomic E-state index is 4.74. The third kappa shape index (κ3) is 4.05. The topological polar surface area (TPSA) is 37.8 Å². The van der Waals surface area contributed by atoms with Crippen molar-refractivity contribution in [3.05, 3.63) is 23.8 Å². The highest BCUT2D eigenvalue weighted by Crippen LogP contribution is 2.29. The van der Waals surface area contributed by atoms with Crippen LogP contribution in [-0.2, 0) is 6.54 Å². The molecule has 1 aromatic rings. The largest absolute Gasteiger partial charge is 0.309 e. The summed E-state index contributed by atoms with van der Waals surface area (Å²) in [4.78, 5) is 9.23. The first-order valence-electron chi connectivity index (χ1n) is 7.31. The molecule has 1 aromatic heterocycles. The van der Waals surface area contributed by atoms with Crippen molar-refractivity contribution in [3.63, 3.8) is 0 Å². The summed E-state index contributed by atoms with van der Waals surface area (Å²) in [5, 5.41) is 3.41. The van der Waals surface area contributed by atoms with Crippen molar-refractivity contribution < 1.29 is 0 Å². The number of hydrogen-bond acceptors (Lipinski definition) is 3. The Balaban J connectivity index is 2.01. The SMILES string of the molecule is CC(C)NCc1ccnc(C2CCCCCC2)n1. The predicted octanol–water partition coefficient (Wildman–Crippen LogP) is 3.41. The van der Waals surface area contributed by atoms with Crippen LogP contribution in [0.5, 0.6) is 0 Å². The maximum Gasteiger partial charge on any atom is 0.131 e. The molecule has 1 aliphatic rings. The first-order valence-corrected chi connectivity index (χ1v) is 7.31. The van der Waals surface area contributed by atoms with Crippen molar-refractivity contribution in [2.45, 2.75) is 70.9 Å². The van der Waals surface area contributed by atoms with Gasteiger partial charge in [-0.1, -0.05) is 39.5 Å². The van der Waals surface area contributed by atoms with Crippen LogP contribution < -0.4 is 5.32 Å². The van der Waals surface area contributed by atoms with Crippen LogP contribution in [0.4, 0.5) is 0 Å². The third-order valence-corrected chi connectivity index (χ3v) is 3.64. The summed E-state index contributed by atoms with van der Waals surface area (Å²) in [6.45, 7) is 5.17. The first kappa shape index (κ1) is 13.5. The lowest BCUT2D eigenvalue weighted by Crippen LogP contribution is -2.22. The van der Waals surface area contributed by atoms with Gasteiger partial charge >= 0.3 is 0 Å². The van der Waals surface area contributed by atoms with Crippen molar-refractivity contribution >= 4 is 0 Å². The molecule has 1 fully saturated rings. The van der Waals surface area contributed by atoms with E-state index in [1.165, 1.54) is 38.5 Å². The molecule has 3 heteroatoms. The highest BCUT2D eigenvalue weighted by Gasteiger charge is 2.17. The van der Waals surface area contributed by atoms with Gasteiger partial charge in [0.05, 0.1) is 5.69 Å². The minimum Gasteiger partial charge on any atom is -0.309 e. The van der Waals surface area contributed by atoms with Crippen LogP contribution in [0.25, 0.3) is 0 Å². The predicted molar refractivity (Wildman–Crippen MR) is 74.5 cm³/mol. The smallest absolute Gasteiger partial charge is 0.131 e. The van der Waals surface area contributed by atoms with Gasteiger partial charge in [0.25, 0.3) is 0 Å². The van der Waals surface area contributed by atoms with E-state index in [0.717, 1.165) is 18.1 Å². The van der Waals surface area contributed by atoms with Gasteiger partial charge in [-0.25, -0.2) is 9.97 Å². The number of nitrogens with one attached hydrogen (secondary N) is 1. The van der Waals surface area contributed by atoms with Gasteiger partial charge in [-0.05, 0) is 18.9 Å². The Kier molecular flexibility index (Phi) is 5.12. The molecule has 0 aliphatic heterocycles. The zero-order valence-electron chi connectivity index (χ0n) is 11.7. The zero-order valence-corrected chi connectivity index (χ0v) is 11.7. The molecular formula is C15H25N3. The van der Waals surface area contributed by atoms with Crippen LogP contribution in [0.3, 0.4) is 0 Å². The summed E-state index contributed by atoms with van der Waals surface area (Å²) in [5.74, 6) is 1.66. The van der Waals surface area contributed by atoms with Crippen molar-refractivity contribution in [1.82, 2.24) is 15.3 Å². The van der Waals surface area contributed by atoms with Gasteiger partial charge < -0.3 is 5.32 Å². The Morgan fingerprint density at radius 1 is 1.22 bits per heavy atom. The molecule has 1 aliphatic carbocycles. The molecule has 0 aromatic carbocycles. The third-order valence-electron chi connectivity index (χ3n) is 3.64. The van der Waals surface area contributed by atoms with Gasteiger partial charge in [-0.15, -0.1) is 0 Å². The molecule has 1 N–H and O–H groups in total. The van der Waals surface area contributed by atoms with Gasteiger partial charge in [0.2, 0.25) is 0 Å². The average molecular weight is 247 g/mol. The molecule has 0 bridgehead atoms. The summed E-state index contributed by atoms with van der Waals surface area (Å²) in [5.41, 5.74) is 1.12. The first-order chi connectivity index (χ1) is 8.75. The van der Waals surface area contributed by atoms with Crippen molar-refractivity contribution in [1.29, 1.82) is 0 Å². The fraction of sp³-hybridized carbons (Fsp3) is 0.733. The Morgan fingerprint density at radius 2 is 1.94 bits per heavy atom. The molecule has 0 unspecified atom stereocenters. The second kappa shape index (κ2) is 6.83. The summed E-state index contributed by atoms with van der Waals surface area (Å²) in [7, 11) is 0. The lowest BCUT2D eigenvalue weighted by molar-refractivity contribution is 0.545. The fourth-order valence-corrected chi connectivity index (χ4v) is 2.55. The van der Waals surface area contributed by atoms with E-state index in [1.807, 2.05) is 12.3 Å². The maximum absolute atomic E-state index is 4.74. The van der Waals surface area contributed by atoms with E-state index < -0.39 is 0 Å². The normalized spacial score (nSPS) is 17.9. The van der Waals surface area contributed by atoms with Gasteiger partial charge in [-0.2, -0.15) is 0 Å². The Morgan fingerprint density at radius 3 is 2.61 bits per heavy atom. The second-order valence-corrected chi connectivity index (χ2v) is 5.63. The van der Waals surface area contributed by atoms with E-state index in [4.69, 9.17) is 4.98 Å². The monoisotopic (exact) mass is 247 g/mol. The molecular weight excluding hydrogens is 222 g/mol. The molecule has 18 heavy (non-hydrogen) atoms. The lowest BCUT2D eigenvalue weighted by atomic mass is 9.99. The van der Waals surface area contributed by atoms with E-state index in [-0.39, 0.29) is 0 Å². The zero-order chi connectivity index (χ0) is 12.8. The Hall–Kier alpha value is -0.960. The second-order valence-electron chi connectivity index (χ2n) is 5.63. The van der Waals surface area contributed by atoms with Crippen molar-refractivity contribution in [2.75, 3.05) is 0 Å². The van der Waals surface area contributed by atoms with Crippen LogP contribution in [-0.4, -0.2) is 16.0 Å². The molecule has 1 saturated carbocycles. The molecule has 0 atom stereocenters. The summed E-state index contributed by atoms with van der Waals surface area (Å²) < 4.78 is 0. The molecule has 3 nitrogen and oxygen atoms in total. The van der Waals surface area contributed by atoms with Gasteiger partial charge in [0, 0.05) is 24.7 Å². The number of nitrogens with zero attached hydrogens (tertiary/aromatic N) is 2. The number of hydrogen-bond donors (Lipinski definition) is 1. The minimum absolute atomic E-state index is 0.501. The Bertz CT molecular complexity index is 355. The van der Waals surface area contributed by atoms with Crippen LogP contribution in [0.1, 0.15) is 69.8 Å². The standard InChI is InChI=1S/C15H25N3/c1-12(2)17-11-14-9-10-16-15(18-14)13-7-5-3-4-6-8-13/h9-10,12-13,17H,3-8,11H2,1-2H3. The Labute approximate surface area is 110 Å². The molecule has 0 amide bonds. The molecule has 0 spiro atoms. The average Bonchev–Trinajstić information content (AvgIpc) is 2.65. The van der Waals surface area contributed by atoms with E-state index in [1.54, 1.807) is 0 Å². The van der Waals surface area contributed by atoms with E-state index in [2.05, 4.69) is 24.1 Å². The molecule has 0 radical (unpaired) electrons. The summed E-state index contributed by atoms with van der Waals surface area (Å²) in [6.07, 6.45) is 9.88. The fourth-order valence-electron chi connectivity index (χ4n) is 2.55. The summed E-state index contributed by atoms with van der Waals surface area (Å²) in [6, 6.07) is 2.52. The van der Waals surface area contributed by atoms with Crippen molar-refractivity contribution in [3.8, 4) is 0 Å². The molecule has 0 saturated heterocycles. The highest BCUT2D eigenvalue weighted by atomic mass is 14.9. The van der Waals surface area contributed by atoms with Gasteiger partial charge in [-0.3, -0.25) is 0 Å². The quantitative estimate of drug-likeness (QED) is 0.829. The lowest BCUT2D eigenvalue weighted by Gasteiger charge is -2.14. The molecule has 1 heterocycles. The van der Waals surface area contributed by atoms with E-state index in [0.29, 0.717) is 12.0 Å². The molecule has 100 valence electrons. The van der Waals surface area contributed by atoms with Crippen LogP contribution in [0, 0.1) is 0 Å². The van der Waals surface area contributed by atoms with Gasteiger partial charge in [0.15, 0.2) is 0 Å². The van der Waals surface area contributed by atoms with Crippen LogP contribution in [0.15, 0.2) is 12.3 Å². The minimum atomic E-state index is 0.501.